The van der Waals surface area contributed by atoms with Crippen molar-refractivity contribution in [1.82, 2.24) is 9.78 Å². The lowest BCUT2D eigenvalue weighted by Crippen LogP contribution is -2.11. The summed E-state index contributed by atoms with van der Waals surface area (Å²) in [6, 6.07) is 7.40. The molecule has 122 valence electrons. The van der Waals surface area contributed by atoms with Gasteiger partial charge in [-0.1, -0.05) is 19.1 Å². The van der Waals surface area contributed by atoms with Gasteiger partial charge in [-0.3, -0.25) is 14.3 Å². The van der Waals surface area contributed by atoms with Crippen molar-refractivity contribution in [3.8, 4) is 0 Å². The van der Waals surface area contributed by atoms with Crippen LogP contribution in [-0.4, -0.2) is 32.5 Å². The number of hydrogen-bond acceptors (Lipinski definition) is 4. The van der Waals surface area contributed by atoms with Crippen LogP contribution in [0.25, 0.3) is 0 Å². The van der Waals surface area contributed by atoms with Crippen molar-refractivity contribution in [2.75, 3.05) is 11.1 Å². The van der Waals surface area contributed by atoms with E-state index in [1.807, 2.05) is 18.2 Å². The van der Waals surface area contributed by atoms with E-state index in [-0.39, 0.29) is 11.7 Å². The second kappa shape index (κ2) is 8.38. The second-order valence-electron chi connectivity index (χ2n) is 5.03. The molecule has 7 heteroatoms. The Morgan fingerprint density at radius 2 is 2.22 bits per heavy atom. The topological polar surface area (TPSA) is 84.2 Å². The number of amides is 1. The molecule has 0 aliphatic rings. The quantitative estimate of drug-likeness (QED) is 0.776. The molecule has 6 nitrogen and oxygen atoms in total. The first-order chi connectivity index (χ1) is 11.1. The van der Waals surface area contributed by atoms with Crippen molar-refractivity contribution in [2.45, 2.75) is 25.6 Å². The molecule has 0 bridgehead atoms. The van der Waals surface area contributed by atoms with E-state index in [1.54, 1.807) is 23.1 Å². The highest BCUT2D eigenvalue weighted by molar-refractivity contribution is 7.99. The lowest BCUT2D eigenvalue weighted by Gasteiger charge is -2.06. The number of aromatic nitrogens is 2. The Hall–Kier alpha value is -2.28. The molecule has 1 aromatic heterocycles. The number of carbonyl (C=O) groups excluding carboxylic acids is 1. The fourth-order valence-electron chi connectivity index (χ4n) is 2.03. The van der Waals surface area contributed by atoms with Gasteiger partial charge in [-0.25, -0.2) is 0 Å². The van der Waals surface area contributed by atoms with E-state index in [9.17, 15) is 9.59 Å². The molecule has 0 fully saturated rings. The average Bonchev–Trinajstić information content (AvgIpc) is 2.96. The first kappa shape index (κ1) is 17.1. The zero-order valence-corrected chi connectivity index (χ0v) is 13.7. The first-order valence-electron chi connectivity index (χ1n) is 7.30. The second-order valence-corrected chi connectivity index (χ2v) is 6.02. The van der Waals surface area contributed by atoms with Gasteiger partial charge >= 0.3 is 5.97 Å². The van der Waals surface area contributed by atoms with Crippen LogP contribution in [0.2, 0.25) is 0 Å². The van der Waals surface area contributed by atoms with Crippen molar-refractivity contribution in [2.24, 2.45) is 0 Å². The molecule has 0 saturated carbocycles. The highest BCUT2D eigenvalue weighted by Crippen LogP contribution is 2.17. The summed E-state index contributed by atoms with van der Waals surface area (Å²) in [6.45, 7) is 2.83. The molecule has 0 radical (unpaired) electrons. The zero-order valence-electron chi connectivity index (χ0n) is 12.9. The van der Waals surface area contributed by atoms with E-state index in [0.29, 0.717) is 17.0 Å². The van der Waals surface area contributed by atoms with E-state index in [2.05, 4.69) is 17.3 Å². The van der Waals surface area contributed by atoms with E-state index >= 15 is 0 Å². The van der Waals surface area contributed by atoms with Crippen molar-refractivity contribution >= 4 is 29.3 Å². The number of benzene rings is 1. The largest absolute Gasteiger partial charge is 0.481 e. The molecule has 0 atom stereocenters. The van der Waals surface area contributed by atoms with Crippen molar-refractivity contribution in [1.29, 1.82) is 0 Å². The predicted octanol–water partition coefficient (Wildman–Crippen LogP) is 2.86. The minimum Gasteiger partial charge on any atom is -0.481 e. The van der Waals surface area contributed by atoms with Gasteiger partial charge < -0.3 is 10.4 Å². The molecule has 0 spiro atoms. The zero-order chi connectivity index (χ0) is 16.7. The minimum absolute atomic E-state index is 0.0627. The van der Waals surface area contributed by atoms with Crippen LogP contribution in [0.1, 0.15) is 29.3 Å². The van der Waals surface area contributed by atoms with E-state index < -0.39 is 5.97 Å². The number of thioether (sulfide) groups is 1. The third kappa shape index (κ3) is 5.45. The van der Waals surface area contributed by atoms with Crippen molar-refractivity contribution in [3.05, 3.63) is 47.8 Å². The molecule has 0 aliphatic heterocycles. The lowest BCUT2D eigenvalue weighted by atomic mass is 10.2. The first-order valence-corrected chi connectivity index (χ1v) is 8.46. The number of aliphatic carboxylic acids is 1. The Bertz CT molecular complexity index is 685. The summed E-state index contributed by atoms with van der Waals surface area (Å²) in [7, 11) is 0. The maximum Gasteiger partial charge on any atom is 0.313 e. The van der Waals surface area contributed by atoms with Crippen LogP contribution < -0.4 is 5.32 Å². The number of hydrogen-bond donors (Lipinski definition) is 2. The normalized spacial score (nSPS) is 10.5. The molecule has 23 heavy (non-hydrogen) atoms. The summed E-state index contributed by atoms with van der Waals surface area (Å²) in [4.78, 5) is 22.7. The maximum atomic E-state index is 12.2. The number of aryl methyl sites for hydroxylation is 1. The molecule has 0 saturated heterocycles. The fraction of sp³-hybridized carbons (Fsp3) is 0.312. The third-order valence-electron chi connectivity index (χ3n) is 3.03. The summed E-state index contributed by atoms with van der Waals surface area (Å²) >= 11 is 1.32. The number of carbonyl (C=O) groups is 2. The number of carboxylic acid groups (broad SMARTS) is 1. The Kier molecular flexibility index (Phi) is 6.22. The average molecular weight is 333 g/mol. The molecule has 1 aromatic carbocycles. The molecular weight excluding hydrogens is 314 g/mol. The monoisotopic (exact) mass is 333 g/mol. The van der Waals surface area contributed by atoms with Gasteiger partial charge in [0.1, 0.15) is 0 Å². The van der Waals surface area contributed by atoms with Crippen molar-refractivity contribution < 1.29 is 14.7 Å². The Labute approximate surface area is 138 Å². The van der Waals surface area contributed by atoms with Gasteiger partial charge in [0, 0.05) is 24.2 Å². The lowest BCUT2D eigenvalue weighted by molar-refractivity contribution is -0.133. The van der Waals surface area contributed by atoms with Gasteiger partial charge in [0.25, 0.3) is 5.91 Å². The van der Waals surface area contributed by atoms with Crippen LogP contribution in [0.4, 0.5) is 5.69 Å². The molecular formula is C16H19N3O3S. The summed E-state index contributed by atoms with van der Waals surface area (Å²) in [5, 5.41) is 15.6. The summed E-state index contributed by atoms with van der Waals surface area (Å²) in [5.41, 5.74) is 2.17. The SMILES string of the molecule is CCCn1cc(C(=O)Nc2cccc(CSCC(=O)O)c2)cn1. The smallest absolute Gasteiger partial charge is 0.313 e. The number of carboxylic acids is 1. The Balaban J connectivity index is 1.95. The van der Waals surface area contributed by atoms with Crippen LogP contribution in [0, 0.1) is 0 Å². The van der Waals surface area contributed by atoms with E-state index in [4.69, 9.17) is 5.11 Å². The van der Waals surface area contributed by atoms with Crippen LogP contribution in [0.5, 0.6) is 0 Å². The van der Waals surface area contributed by atoms with E-state index in [0.717, 1.165) is 18.5 Å². The number of rotatable bonds is 8. The minimum atomic E-state index is -0.830. The third-order valence-corrected chi connectivity index (χ3v) is 4.02. The molecule has 2 rings (SSSR count). The van der Waals surface area contributed by atoms with Gasteiger partial charge in [0.15, 0.2) is 0 Å². The molecule has 1 heterocycles. The van der Waals surface area contributed by atoms with Crippen LogP contribution in [-0.2, 0) is 17.1 Å². The Morgan fingerprint density at radius 3 is 2.96 bits per heavy atom. The molecule has 2 aromatic rings. The van der Waals surface area contributed by atoms with Gasteiger partial charge in [0.05, 0.1) is 17.5 Å². The molecule has 2 N–H and O–H groups in total. The summed E-state index contributed by atoms with van der Waals surface area (Å²) in [6.07, 6.45) is 4.24. The maximum absolute atomic E-state index is 12.2. The molecule has 0 aliphatic carbocycles. The molecule has 0 unspecified atom stereocenters. The highest BCUT2D eigenvalue weighted by Gasteiger charge is 2.09. The highest BCUT2D eigenvalue weighted by atomic mass is 32.2. The number of nitrogens with one attached hydrogen (secondary N) is 1. The van der Waals surface area contributed by atoms with Crippen LogP contribution in [0.15, 0.2) is 36.7 Å². The van der Waals surface area contributed by atoms with E-state index in [1.165, 1.54) is 11.8 Å². The van der Waals surface area contributed by atoms with Gasteiger partial charge in [-0.05, 0) is 24.1 Å². The fourth-order valence-corrected chi connectivity index (χ4v) is 2.72. The van der Waals surface area contributed by atoms with Crippen LogP contribution >= 0.6 is 11.8 Å². The Morgan fingerprint density at radius 1 is 1.39 bits per heavy atom. The summed E-state index contributed by atoms with van der Waals surface area (Å²) in [5.74, 6) is -0.385. The van der Waals surface area contributed by atoms with Gasteiger partial charge in [-0.15, -0.1) is 11.8 Å². The number of anilines is 1. The van der Waals surface area contributed by atoms with Gasteiger partial charge in [-0.2, -0.15) is 5.10 Å². The van der Waals surface area contributed by atoms with Crippen LogP contribution in [0.3, 0.4) is 0 Å². The molecule has 1 amide bonds. The standard InChI is InChI=1S/C16H19N3O3S/c1-2-6-19-9-13(8-17-19)16(22)18-14-5-3-4-12(7-14)10-23-11-15(20)21/h3-5,7-9H,2,6,10-11H2,1H3,(H,18,22)(H,20,21). The number of nitrogens with zero attached hydrogens (tertiary/aromatic N) is 2. The summed E-state index contributed by atoms with van der Waals surface area (Å²) < 4.78 is 1.74. The van der Waals surface area contributed by atoms with Crippen molar-refractivity contribution in [3.63, 3.8) is 0 Å². The van der Waals surface area contributed by atoms with Gasteiger partial charge in [0.2, 0.25) is 0 Å². The predicted molar refractivity (Wildman–Crippen MR) is 90.7 cm³/mol.